The van der Waals surface area contributed by atoms with Crippen molar-refractivity contribution >= 4 is 11.6 Å². The van der Waals surface area contributed by atoms with Crippen LogP contribution >= 0.6 is 11.6 Å². The summed E-state index contributed by atoms with van der Waals surface area (Å²) in [7, 11) is 0. The van der Waals surface area contributed by atoms with Gasteiger partial charge in [0.2, 0.25) is 0 Å². The van der Waals surface area contributed by atoms with Crippen molar-refractivity contribution in [2.45, 2.75) is 19.4 Å². The Bertz CT molecular complexity index is 367. The summed E-state index contributed by atoms with van der Waals surface area (Å²) in [5, 5.41) is 0.738. The lowest BCUT2D eigenvalue weighted by Crippen LogP contribution is -2.31. The van der Waals surface area contributed by atoms with Crippen LogP contribution in [0.3, 0.4) is 0 Å². The fourth-order valence-electron chi connectivity index (χ4n) is 2.32. The molecule has 2 unspecified atom stereocenters. The Morgan fingerprint density at radius 1 is 1.44 bits per heavy atom. The molecular weight excluding hydrogens is 248 g/mol. The van der Waals surface area contributed by atoms with Gasteiger partial charge in [0.05, 0.1) is 0 Å². The second-order valence-electron chi connectivity index (χ2n) is 5.01. The van der Waals surface area contributed by atoms with Gasteiger partial charge < -0.3 is 10.5 Å². The van der Waals surface area contributed by atoms with Crippen molar-refractivity contribution in [3.8, 4) is 5.75 Å². The molecule has 0 spiro atoms. The van der Waals surface area contributed by atoms with E-state index in [1.54, 1.807) is 0 Å². The molecule has 1 saturated heterocycles. The number of likely N-dealkylation sites (tertiary alicyclic amines) is 1. The van der Waals surface area contributed by atoms with Gasteiger partial charge in [-0.3, -0.25) is 4.90 Å². The minimum Gasteiger partial charge on any atom is -0.492 e. The van der Waals surface area contributed by atoms with E-state index in [4.69, 9.17) is 22.1 Å². The molecule has 0 radical (unpaired) electrons. The molecule has 3 nitrogen and oxygen atoms in total. The third-order valence-corrected chi connectivity index (χ3v) is 3.79. The van der Waals surface area contributed by atoms with Gasteiger partial charge >= 0.3 is 0 Å². The molecule has 1 aromatic carbocycles. The van der Waals surface area contributed by atoms with Crippen LogP contribution in [0.4, 0.5) is 0 Å². The zero-order valence-corrected chi connectivity index (χ0v) is 11.6. The Morgan fingerprint density at radius 2 is 2.17 bits per heavy atom. The van der Waals surface area contributed by atoms with Crippen LogP contribution in [0.15, 0.2) is 24.3 Å². The number of rotatable bonds is 5. The van der Waals surface area contributed by atoms with Crippen LogP contribution in [-0.2, 0) is 0 Å². The maximum absolute atomic E-state index is 5.92. The lowest BCUT2D eigenvalue weighted by atomic mass is 10.0. The van der Waals surface area contributed by atoms with E-state index in [1.165, 1.54) is 6.42 Å². The molecule has 0 amide bonds. The van der Waals surface area contributed by atoms with Crippen molar-refractivity contribution in [3.63, 3.8) is 0 Å². The average molecular weight is 269 g/mol. The molecule has 2 rings (SSSR count). The maximum Gasteiger partial charge on any atom is 0.119 e. The molecule has 0 bridgehead atoms. The first kappa shape index (κ1) is 13.7. The van der Waals surface area contributed by atoms with Gasteiger partial charge in [0, 0.05) is 24.2 Å². The lowest BCUT2D eigenvalue weighted by Gasteiger charge is -2.17. The Balaban J connectivity index is 1.68. The molecule has 0 aromatic heterocycles. The summed E-state index contributed by atoms with van der Waals surface area (Å²) >= 11 is 5.82. The first-order valence-corrected chi connectivity index (χ1v) is 6.89. The molecule has 100 valence electrons. The van der Waals surface area contributed by atoms with Crippen LogP contribution in [0.5, 0.6) is 5.75 Å². The van der Waals surface area contributed by atoms with E-state index in [-0.39, 0.29) is 0 Å². The summed E-state index contributed by atoms with van der Waals surface area (Å²) in [5.41, 5.74) is 5.92. The SMILES string of the molecule is CC(N)C1CCN(CCOc2ccc(Cl)cc2)C1. The second kappa shape index (κ2) is 6.41. The Hall–Kier alpha value is -0.770. The van der Waals surface area contributed by atoms with E-state index in [0.29, 0.717) is 18.6 Å². The molecule has 4 heteroatoms. The number of halogens is 1. The predicted octanol–water partition coefficient (Wildman–Crippen LogP) is 2.39. The number of hydrogen-bond donors (Lipinski definition) is 1. The van der Waals surface area contributed by atoms with Gasteiger partial charge in [0.1, 0.15) is 12.4 Å². The van der Waals surface area contributed by atoms with Gasteiger partial charge in [-0.2, -0.15) is 0 Å². The van der Waals surface area contributed by atoms with Crippen molar-refractivity contribution < 1.29 is 4.74 Å². The second-order valence-corrected chi connectivity index (χ2v) is 5.45. The van der Waals surface area contributed by atoms with Gasteiger partial charge in [-0.25, -0.2) is 0 Å². The summed E-state index contributed by atoms with van der Waals surface area (Å²) in [4.78, 5) is 2.42. The maximum atomic E-state index is 5.92. The van der Waals surface area contributed by atoms with Gasteiger partial charge in [0.25, 0.3) is 0 Å². The number of nitrogens with zero attached hydrogens (tertiary/aromatic N) is 1. The number of ether oxygens (including phenoxy) is 1. The zero-order chi connectivity index (χ0) is 13.0. The van der Waals surface area contributed by atoms with Crippen molar-refractivity contribution in [2.24, 2.45) is 11.7 Å². The standard InChI is InChI=1S/C14H21ClN2O/c1-11(16)12-6-7-17(10-12)8-9-18-14-4-2-13(15)3-5-14/h2-5,11-12H,6-10,16H2,1H3. The quantitative estimate of drug-likeness (QED) is 0.891. The monoisotopic (exact) mass is 268 g/mol. The highest BCUT2D eigenvalue weighted by Gasteiger charge is 2.24. The molecule has 1 fully saturated rings. The topological polar surface area (TPSA) is 38.5 Å². The molecular formula is C14H21ClN2O. The first-order valence-electron chi connectivity index (χ1n) is 6.51. The van der Waals surface area contributed by atoms with Gasteiger partial charge in [-0.1, -0.05) is 11.6 Å². The van der Waals surface area contributed by atoms with Crippen LogP contribution in [0.1, 0.15) is 13.3 Å². The summed E-state index contributed by atoms with van der Waals surface area (Å²) in [5.74, 6) is 1.52. The minimum absolute atomic E-state index is 0.298. The van der Waals surface area contributed by atoms with Crippen molar-refractivity contribution in [2.75, 3.05) is 26.2 Å². The molecule has 1 aliphatic heterocycles. The number of nitrogens with two attached hydrogens (primary N) is 1. The van der Waals surface area contributed by atoms with Gasteiger partial charge in [-0.15, -0.1) is 0 Å². The third-order valence-electron chi connectivity index (χ3n) is 3.54. The van der Waals surface area contributed by atoms with E-state index >= 15 is 0 Å². The highest BCUT2D eigenvalue weighted by Crippen LogP contribution is 2.19. The van der Waals surface area contributed by atoms with Gasteiger partial charge in [-0.05, 0) is 50.1 Å². The predicted molar refractivity (Wildman–Crippen MR) is 75.1 cm³/mol. The normalized spacial score (nSPS) is 22.1. The summed E-state index contributed by atoms with van der Waals surface area (Å²) in [6, 6.07) is 7.79. The van der Waals surface area contributed by atoms with Crippen LogP contribution in [0.2, 0.25) is 5.02 Å². The number of hydrogen-bond acceptors (Lipinski definition) is 3. The molecule has 1 aliphatic rings. The number of benzene rings is 1. The molecule has 2 N–H and O–H groups in total. The van der Waals surface area contributed by atoms with E-state index in [1.807, 2.05) is 24.3 Å². The van der Waals surface area contributed by atoms with Crippen LogP contribution in [0, 0.1) is 5.92 Å². The first-order chi connectivity index (χ1) is 8.65. The lowest BCUT2D eigenvalue weighted by molar-refractivity contribution is 0.230. The van der Waals surface area contributed by atoms with E-state index < -0.39 is 0 Å². The summed E-state index contributed by atoms with van der Waals surface area (Å²) < 4.78 is 5.69. The molecule has 1 heterocycles. The van der Waals surface area contributed by atoms with E-state index in [0.717, 1.165) is 30.4 Å². The van der Waals surface area contributed by atoms with Crippen LogP contribution in [-0.4, -0.2) is 37.2 Å². The van der Waals surface area contributed by atoms with Crippen molar-refractivity contribution in [3.05, 3.63) is 29.3 Å². The minimum atomic E-state index is 0.298. The summed E-state index contributed by atoms with van der Waals surface area (Å²) in [6.45, 7) is 6.01. The smallest absolute Gasteiger partial charge is 0.119 e. The van der Waals surface area contributed by atoms with Crippen LogP contribution in [0.25, 0.3) is 0 Å². The highest BCUT2D eigenvalue weighted by atomic mass is 35.5. The van der Waals surface area contributed by atoms with Crippen LogP contribution < -0.4 is 10.5 Å². The Labute approximate surface area is 114 Å². The Morgan fingerprint density at radius 3 is 2.78 bits per heavy atom. The summed E-state index contributed by atoms with van der Waals surface area (Å²) in [6.07, 6.45) is 1.21. The molecule has 18 heavy (non-hydrogen) atoms. The third kappa shape index (κ3) is 3.87. The molecule has 2 atom stereocenters. The van der Waals surface area contributed by atoms with E-state index in [9.17, 15) is 0 Å². The zero-order valence-electron chi connectivity index (χ0n) is 10.8. The largest absolute Gasteiger partial charge is 0.492 e. The average Bonchev–Trinajstić information content (AvgIpc) is 2.81. The fourth-order valence-corrected chi connectivity index (χ4v) is 2.44. The van der Waals surface area contributed by atoms with Gasteiger partial charge in [0.15, 0.2) is 0 Å². The van der Waals surface area contributed by atoms with Crippen molar-refractivity contribution in [1.82, 2.24) is 4.90 Å². The molecule has 1 aromatic rings. The molecule has 0 saturated carbocycles. The van der Waals surface area contributed by atoms with Crippen molar-refractivity contribution in [1.29, 1.82) is 0 Å². The van der Waals surface area contributed by atoms with E-state index in [2.05, 4.69) is 11.8 Å². The molecule has 0 aliphatic carbocycles. The highest BCUT2D eigenvalue weighted by molar-refractivity contribution is 6.30. The fraction of sp³-hybridized carbons (Fsp3) is 0.571. The Kier molecular flexibility index (Phi) is 4.87.